The van der Waals surface area contributed by atoms with Gasteiger partial charge in [-0.3, -0.25) is 0 Å². The molecule has 1 aromatic carbocycles. The average Bonchev–Trinajstić information content (AvgIpc) is 3.44. The molecule has 1 aliphatic heterocycles. The van der Waals surface area contributed by atoms with Crippen LogP contribution in [0.1, 0.15) is 121 Å². The summed E-state index contributed by atoms with van der Waals surface area (Å²) >= 11 is 1.84. The van der Waals surface area contributed by atoms with Gasteiger partial charge in [0.1, 0.15) is 6.10 Å². The minimum atomic E-state index is -0.00833. The summed E-state index contributed by atoms with van der Waals surface area (Å²) < 4.78 is 17.4. The highest BCUT2D eigenvalue weighted by Gasteiger charge is 2.09. The van der Waals surface area contributed by atoms with E-state index in [1.54, 1.807) is 7.11 Å². The molecular weight excluding hydrogens is 490 g/mol. The van der Waals surface area contributed by atoms with Crippen molar-refractivity contribution < 1.29 is 14.2 Å². The lowest BCUT2D eigenvalue weighted by atomic mass is 10.0. The molecule has 5 heteroatoms. The van der Waals surface area contributed by atoms with E-state index in [2.05, 4.69) is 47.7 Å². The lowest BCUT2D eigenvalue weighted by Crippen LogP contribution is -2.24. The topological polar surface area (TPSA) is 30.9 Å². The van der Waals surface area contributed by atoms with Crippen LogP contribution in [-0.2, 0) is 27.4 Å². The van der Waals surface area contributed by atoms with Gasteiger partial charge >= 0.3 is 0 Å². The molecule has 0 amide bonds. The second-order valence-electron chi connectivity index (χ2n) is 10.9. The van der Waals surface area contributed by atoms with Gasteiger partial charge < -0.3 is 19.1 Å². The quantitative estimate of drug-likeness (QED) is 0.108. The number of methoxy groups -OCH3 is 1. The zero-order valence-electron chi connectivity index (χ0n) is 24.7. The van der Waals surface area contributed by atoms with Crippen molar-refractivity contribution in [2.45, 2.75) is 129 Å². The third-order valence-electron chi connectivity index (χ3n) is 7.34. The van der Waals surface area contributed by atoms with Crippen LogP contribution in [0, 0.1) is 0 Å². The van der Waals surface area contributed by atoms with E-state index in [4.69, 9.17) is 14.2 Å². The molecule has 38 heavy (non-hydrogen) atoms. The first kappa shape index (κ1) is 33.2. The molecule has 0 aromatic heterocycles. The molecule has 4 nitrogen and oxygen atoms in total. The molecule has 1 aromatic rings. The van der Waals surface area contributed by atoms with Crippen molar-refractivity contribution >= 4 is 11.8 Å². The van der Waals surface area contributed by atoms with Crippen molar-refractivity contribution in [3.05, 3.63) is 47.0 Å². The van der Waals surface area contributed by atoms with Crippen LogP contribution in [0.5, 0.6) is 0 Å². The first-order valence-corrected chi connectivity index (χ1v) is 16.6. The fourth-order valence-corrected chi connectivity index (χ4v) is 5.63. The summed E-state index contributed by atoms with van der Waals surface area (Å²) in [6.07, 6.45) is 24.5. The fraction of sp³-hybridized carbons (Fsp3) is 0.758. The Morgan fingerprint density at radius 2 is 1.34 bits per heavy atom. The Balaban J connectivity index is 1.35. The Morgan fingerprint density at radius 3 is 1.92 bits per heavy atom. The molecule has 0 saturated carbocycles. The van der Waals surface area contributed by atoms with E-state index in [9.17, 15) is 0 Å². The minimum absolute atomic E-state index is 0.00833. The number of unbranched alkanes of at least 4 members (excludes halogenated alkanes) is 15. The van der Waals surface area contributed by atoms with Crippen LogP contribution in [0.4, 0.5) is 0 Å². The van der Waals surface area contributed by atoms with E-state index in [-0.39, 0.29) is 6.10 Å². The SMILES string of the molecule is CCCCCCCCCCCCCCCCCCOCC(COCc1cccc(CN2C=CSC2)c1)OC. The first-order valence-electron chi connectivity index (χ1n) is 15.6. The lowest BCUT2D eigenvalue weighted by molar-refractivity contribution is -0.0451. The van der Waals surface area contributed by atoms with Gasteiger partial charge in [-0.25, -0.2) is 0 Å². The van der Waals surface area contributed by atoms with Crippen LogP contribution < -0.4 is 0 Å². The Hall–Kier alpha value is -1.01. The molecule has 1 aliphatic rings. The monoisotopic (exact) mass is 547 g/mol. The number of thioether (sulfide) groups is 1. The lowest BCUT2D eigenvalue weighted by Gasteiger charge is -2.17. The van der Waals surface area contributed by atoms with Crippen LogP contribution in [0.2, 0.25) is 0 Å². The second kappa shape index (κ2) is 23.8. The van der Waals surface area contributed by atoms with E-state index in [1.807, 2.05) is 11.8 Å². The maximum absolute atomic E-state index is 5.95. The second-order valence-corrected chi connectivity index (χ2v) is 11.8. The smallest absolute Gasteiger partial charge is 0.104 e. The van der Waals surface area contributed by atoms with E-state index >= 15 is 0 Å². The van der Waals surface area contributed by atoms with Crippen molar-refractivity contribution in [3.8, 4) is 0 Å². The van der Waals surface area contributed by atoms with E-state index in [1.165, 1.54) is 107 Å². The summed E-state index contributed by atoms with van der Waals surface area (Å²) in [5.41, 5.74) is 2.53. The predicted octanol–water partition coefficient (Wildman–Crippen LogP) is 9.47. The Morgan fingerprint density at radius 1 is 0.763 bits per heavy atom. The number of nitrogens with zero attached hydrogens (tertiary/aromatic N) is 1. The molecule has 1 unspecified atom stereocenters. The average molecular weight is 548 g/mol. The molecule has 0 spiro atoms. The summed E-state index contributed by atoms with van der Waals surface area (Å²) in [4.78, 5) is 2.32. The first-order chi connectivity index (χ1) is 18.8. The van der Waals surface area contributed by atoms with E-state index in [0.29, 0.717) is 19.8 Å². The molecule has 0 saturated heterocycles. The number of hydrogen-bond donors (Lipinski definition) is 0. The molecule has 0 fully saturated rings. The highest BCUT2D eigenvalue weighted by molar-refractivity contribution is 8.02. The minimum Gasteiger partial charge on any atom is -0.379 e. The molecule has 1 atom stereocenters. The number of ether oxygens (including phenoxy) is 3. The van der Waals surface area contributed by atoms with Gasteiger partial charge in [-0.2, -0.15) is 0 Å². The van der Waals surface area contributed by atoms with Crippen LogP contribution in [0.25, 0.3) is 0 Å². The van der Waals surface area contributed by atoms with Crippen molar-refractivity contribution in [2.75, 3.05) is 32.8 Å². The molecule has 1 heterocycles. The number of rotatable bonds is 26. The molecule has 2 rings (SSSR count). The van der Waals surface area contributed by atoms with E-state index in [0.717, 1.165) is 25.4 Å². The molecule has 0 aliphatic carbocycles. The van der Waals surface area contributed by atoms with Gasteiger partial charge in [0, 0.05) is 26.5 Å². The predicted molar refractivity (Wildman–Crippen MR) is 164 cm³/mol. The van der Waals surface area contributed by atoms with Gasteiger partial charge in [-0.1, -0.05) is 128 Å². The summed E-state index contributed by atoms with van der Waals surface area (Å²) in [7, 11) is 1.74. The van der Waals surface area contributed by atoms with Crippen molar-refractivity contribution in [1.29, 1.82) is 0 Å². The molecule has 0 bridgehead atoms. The summed E-state index contributed by atoms with van der Waals surface area (Å²) in [6, 6.07) is 8.68. The van der Waals surface area contributed by atoms with Crippen LogP contribution >= 0.6 is 11.8 Å². The highest BCUT2D eigenvalue weighted by atomic mass is 32.2. The maximum atomic E-state index is 5.95. The van der Waals surface area contributed by atoms with Gasteiger partial charge in [0.15, 0.2) is 0 Å². The van der Waals surface area contributed by atoms with E-state index < -0.39 is 0 Å². The van der Waals surface area contributed by atoms with Gasteiger partial charge in [0.25, 0.3) is 0 Å². The van der Waals surface area contributed by atoms with Gasteiger partial charge in [-0.15, -0.1) is 11.8 Å². The molecule has 0 N–H and O–H groups in total. The third-order valence-corrected chi connectivity index (χ3v) is 8.13. The molecular formula is C33H57NO3S. The highest BCUT2D eigenvalue weighted by Crippen LogP contribution is 2.19. The normalized spacial score (nSPS) is 14.0. The van der Waals surface area contributed by atoms with Crippen LogP contribution in [-0.4, -0.2) is 43.8 Å². The Bertz CT molecular complexity index is 699. The van der Waals surface area contributed by atoms with Gasteiger partial charge in [-0.05, 0) is 23.0 Å². The van der Waals surface area contributed by atoms with Crippen molar-refractivity contribution in [2.24, 2.45) is 0 Å². The van der Waals surface area contributed by atoms with Crippen molar-refractivity contribution in [1.82, 2.24) is 4.90 Å². The Kier molecular flexibility index (Phi) is 20.8. The summed E-state index contributed by atoms with van der Waals surface area (Å²) in [5, 5.41) is 2.15. The standard InChI is InChI=1S/C33H57NO3S/c1-3-4-5-6-7-8-9-10-11-12-13-14-15-16-17-18-23-36-28-33(35-2)29-37-27-32-21-19-20-31(25-32)26-34-22-24-38-30-34/h19-22,24-25,33H,3-18,23,26-30H2,1-2H3. The summed E-state index contributed by atoms with van der Waals surface area (Å²) in [5.74, 6) is 1.04. The summed E-state index contributed by atoms with van der Waals surface area (Å²) in [6.45, 7) is 5.84. The largest absolute Gasteiger partial charge is 0.379 e. The number of hydrogen-bond acceptors (Lipinski definition) is 5. The van der Waals surface area contributed by atoms with Crippen molar-refractivity contribution in [3.63, 3.8) is 0 Å². The van der Waals surface area contributed by atoms with Crippen LogP contribution in [0.15, 0.2) is 35.9 Å². The molecule has 218 valence electrons. The van der Waals surface area contributed by atoms with Gasteiger partial charge in [0.2, 0.25) is 0 Å². The number of benzene rings is 1. The Labute approximate surface area is 239 Å². The third kappa shape index (κ3) is 17.6. The zero-order valence-corrected chi connectivity index (χ0v) is 25.5. The molecule has 0 radical (unpaired) electrons. The van der Waals surface area contributed by atoms with Crippen LogP contribution in [0.3, 0.4) is 0 Å². The van der Waals surface area contributed by atoms with Gasteiger partial charge in [0.05, 0.1) is 25.7 Å². The fourth-order valence-electron chi connectivity index (χ4n) is 4.92. The zero-order chi connectivity index (χ0) is 26.9. The maximum Gasteiger partial charge on any atom is 0.104 e.